The van der Waals surface area contributed by atoms with Crippen molar-refractivity contribution in [3.05, 3.63) is 35.9 Å². The van der Waals surface area contributed by atoms with Gasteiger partial charge in [0.1, 0.15) is 0 Å². The molecule has 1 aliphatic rings. The van der Waals surface area contributed by atoms with Gasteiger partial charge in [0, 0.05) is 5.56 Å². The molecule has 2 rings (SSSR count). The lowest BCUT2D eigenvalue weighted by molar-refractivity contribution is -0.151. The van der Waals surface area contributed by atoms with Gasteiger partial charge in [-0.3, -0.25) is 9.59 Å². The minimum atomic E-state index is -0.445. The maximum atomic E-state index is 12.3. The number of rotatable bonds is 5. The molecule has 0 aromatic heterocycles. The number of amides is 1. The van der Waals surface area contributed by atoms with E-state index in [0.29, 0.717) is 12.2 Å². The summed E-state index contributed by atoms with van der Waals surface area (Å²) in [5.74, 6) is -0.675. The van der Waals surface area contributed by atoms with E-state index in [1.807, 2.05) is 25.1 Å². The van der Waals surface area contributed by atoms with Crippen LogP contribution >= 0.6 is 0 Å². The molecular weight excluding hydrogens is 254 g/mol. The third kappa shape index (κ3) is 2.84. The van der Waals surface area contributed by atoms with E-state index in [1.54, 1.807) is 19.1 Å². The van der Waals surface area contributed by atoms with Gasteiger partial charge in [-0.1, -0.05) is 18.2 Å². The molecule has 1 unspecified atom stereocenters. The first-order chi connectivity index (χ1) is 9.59. The van der Waals surface area contributed by atoms with Crippen molar-refractivity contribution >= 4 is 11.9 Å². The Morgan fingerprint density at radius 2 is 1.95 bits per heavy atom. The molecule has 1 saturated carbocycles. The Hall–Kier alpha value is -1.84. The second-order valence-electron chi connectivity index (χ2n) is 5.30. The maximum absolute atomic E-state index is 12.3. The monoisotopic (exact) mass is 275 g/mol. The average Bonchev–Trinajstić information content (AvgIpc) is 2.43. The molecule has 1 aliphatic carbocycles. The summed E-state index contributed by atoms with van der Waals surface area (Å²) < 4.78 is 5.08. The molecule has 1 fully saturated rings. The summed E-state index contributed by atoms with van der Waals surface area (Å²) in [6.45, 7) is 3.99. The molecule has 0 saturated heterocycles. The lowest BCUT2D eigenvalue weighted by atomic mass is 9.68. The Labute approximate surface area is 119 Å². The van der Waals surface area contributed by atoms with E-state index >= 15 is 0 Å². The molecule has 0 heterocycles. The highest BCUT2D eigenvalue weighted by Gasteiger charge is 2.47. The van der Waals surface area contributed by atoms with Gasteiger partial charge in [0.2, 0.25) is 0 Å². The van der Waals surface area contributed by atoms with E-state index in [1.165, 1.54) is 0 Å². The van der Waals surface area contributed by atoms with Crippen molar-refractivity contribution in [1.29, 1.82) is 0 Å². The van der Waals surface area contributed by atoms with Crippen LogP contribution in [0.2, 0.25) is 0 Å². The zero-order valence-electron chi connectivity index (χ0n) is 12.0. The Bertz CT molecular complexity index is 480. The van der Waals surface area contributed by atoms with Crippen molar-refractivity contribution in [2.24, 2.45) is 5.92 Å². The number of hydrogen-bond donors (Lipinski definition) is 1. The molecule has 108 valence electrons. The van der Waals surface area contributed by atoms with Crippen molar-refractivity contribution in [2.45, 2.75) is 38.6 Å². The van der Waals surface area contributed by atoms with Gasteiger partial charge < -0.3 is 10.1 Å². The topological polar surface area (TPSA) is 55.4 Å². The molecule has 1 aromatic carbocycles. The standard InChI is InChI=1S/C16H21NO3/c1-3-20-15(19)12(2)16(10-7-11-16)17-14(18)13-8-5-4-6-9-13/h4-6,8-9,12H,3,7,10-11H2,1-2H3,(H,17,18). The third-order valence-electron chi connectivity index (χ3n) is 4.11. The van der Waals surface area contributed by atoms with Gasteiger partial charge >= 0.3 is 5.97 Å². The highest BCUT2D eigenvalue weighted by atomic mass is 16.5. The lowest BCUT2D eigenvalue weighted by Crippen LogP contribution is -2.59. The van der Waals surface area contributed by atoms with Gasteiger partial charge in [-0.2, -0.15) is 0 Å². The highest BCUT2D eigenvalue weighted by molar-refractivity contribution is 5.95. The van der Waals surface area contributed by atoms with Gasteiger partial charge in [-0.05, 0) is 45.2 Å². The molecule has 1 amide bonds. The molecule has 1 N–H and O–H groups in total. The van der Waals surface area contributed by atoms with Crippen LogP contribution < -0.4 is 5.32 Å². The Morgan fingerprint density at radius 3 is 2.45 bits per heavy atom. The smallest absolute Gasteiger partial charge is 0.311 e. The van der Waals surface area contributed by atoms with Gasteiger partial charge in [0.05, 0.1) is 18.1 Å². The fraction of sp³-hybridized carbons (Fsp3) is 0.500. The zero-order valence-corrected chi connectivity index (χ0v) is 12.0. The molecule has 0 radical (unpaired) electrons. The number of benzene rings is 1. The summed E-state index contributed by atoms with van der Waals surface area (Å²) >= 11 is 0. The summed E-state index contributed by atoms with van der Waals surface area (Å²) in [7, 11) is 0. The van der Waals surface area contributed by atoms with Crippen LogP contribution in [0.4, 0.5) is 0 Å². The lowest BCUT2D eigenvalue weighted by Gasteiger charge is -2.45. The SMILES string of the molecule is CCOC(=O)C(C)C1(NC(=O)c2ccccc2)CCC1. The van der Waals surface area contributed by atoms with E-state index in [-0.39, 0.29) is 17.8 Å². The number of esters is 1. The number of ether oxygens (including phenoxy) is 1. The molecule has 4 heteroatoms. The van der Waals surface area contributed by atoms with E-state index in [2.05, 4.69) is 5.32 Å². The summed E-state index contributed by atoms with van der Waals surface area (Å²) in [4.78, 5) is 24.2. The number of carbonyl (C=O) groups excluding carboxylic acids is 2. The van der Waals surface area contributed by atoms with E-state index < -0.39 is 5.54 Å². The van der Waals surface area contributed by atoms with Crippen molar-refractivity contribution in [3.8, 4) is 0 Å². The second-order valence-corrected chi connectivity index (χ2v) is 5.30. The van der Waals surface area contributed by atoms with Crippen LogP contribution in [-0.2, 0) is 9.53 Å². The molecule has 4 nitrogen and oxygen atoms in total. The number of hydrogen-bond acceptors (Lipinski definition) is 3. The molecule has 0 bridgehead atoms. The molecule has 1 atom stereocenters. The fourth-order valence-electron chi connectivity index (χ4n) is 2.60. The summed E-state index contributed by atoms with van der Waals surface area (Å²) in [6, 6.07) is 9.08. The predicted octanol–water partition coefficient (Wildman–Crippen LogP) is 2.54. The maximum Gasteiger partial charge on any atom is 0.311 e. The van der Waals surface area contributed by atoms with Crippen LogP contribution in [0.1, 0.15) is 43.5 Å². The second kappa shape index (κ2) is 6.07. The Morgan fingerprint density at radius 1 is 1.30 bits per heavy atom. The van der Waals surface area contributed by atoms with E-state index in [4.69, 9.17) is 4.74 Å². The molecule has 0 spiro atoms. The summed E-state index contributed by atoms with van der Waals surface area (Å²) in [6.07, 6.45) is 2.68. The van der Waals surface area contributed by atoms with Crippen LogP contribution in [-0.4, -0.2) is 24.0 Å². The van der Waals surface area contributed by atoms with Crippen LogP contribution in [0.3, 0.4) is 0 Å². The van der Waals surface area contributed by atoms with Crippen molar-refractivity contribution in [1.82, 2.24) is 5.32 Å². The van der Waals surface area contributed by atoms with Gasteiger partial charge in [0.15, 0.2) is 0 Å². The Kier molecular flexibility index (Phi) is 4.42. The molecule has 0 aliphatic heterocycles. The first-order valence-electron chi connectivity index (χ1n) is 7.13. The van der Waals surface area contributed by atoms with Crippen molar-refractivity contribution in [3.63, 3.8) is 0 Å². The average molecular weight is 275 g/mol. The Balaban J connectivity index is 2.08. The largest absolute Gasteiger partial charge is 0.466 e. The van der Waals surface area contributed by atoms with Crippen LogP contribution in [0.5, 0.6) is 0 Å². The van der Waals surface area contributed by atoms with E-state index in [9.17, 15) is 9.59 Å². The minimum Gasteiger partial charge on any atom is -0.466 e. The molecule has 20 heavy (non-hydrogen) atoms. The van der Waals surface area contributed by atoms with Gasteiger partial charge in [-0.25, -0.2) is 0 Å². The summed E-state index contributed by atoms with van der Waals surface area (Å²) in [5.41, 5.74) is 0.175. The normalized spacial score (nSPS) is 17.7. The first kappa shape index (κ1) is 14.6. The van der Waals surface area contributed by atoms with Gasteiger partial charge in [-0.15, -0.1) is 0 Å². The van der Waals surface area contributed by atoms with Crippen molar-refractivity contribution < 1.29 is 14.3 Å². The highest BCUT2D eigenvalue weighted by Crippen LogP contribution is 2.39. The molecule has 1 aromatic rings. The van der Waals surface area contributed by atoms with Crippen LogP contribution in [0.25, 0.3) is 0 Å². The number of nitrogens with one attached hydrogen (secondary N) is 1. The number of carbonyl (C=O) groups is 2. The molecular formula is C16H21NO3. The first-order valence-corrected chi connectivity index (χ1v) is 7.13. The van der Waals surface area contributed by atoms with Crippen LogP contribution in [0.15, 0.2) is 30.3 Å². The van der Waals surface area contributed by atoms with Gasteiger partial charge in [0.25, 0.3) is 5.91 Å². The quantitative estimate of drug-likeness (QED) is 0.840. The summed E-state index contributed by atoms with van der Waals surface area (Å²) in [5, 5.41) is 3.05. The van der Waals surface area contributed by atoms with Crippen LogP contribution in [0, 0.1) is 5.92 Å². The predicted molar refractivity (Wildman–Crippen MR) is 76.3 cm³/mol. The third-order valence-corrected chi connectivity index (χ3v) is 4.11. The van der Waals surface area contributed by atoms with Crippen molar-refractivity contribution in [2.75, 3.05) is 6.61 Å². The fourth-order valence-corrected chi connectivity index (χ4v) is 2.60. The zero-order chi connectivity index (χ0) is 14.6. The minimum absolute atomic E-state index is 0.124. The van der Waals surface area contributed by atoms with E-state index in [0.717, 1.165) is 19.3 Å².